The first-order valence-electron chi connectivity index (χ1n) is 11.0. The van der Waals surface area contributed by atoms with Crippen molar-refractivity contribution in [1.82, 2.24) is 9.88 Å². The minimum absolute atomic E-state index is 0.0152. The summed E-state index contributed by atoms with van der Waals surface area (Å²) in [5, 5.41) is 0. The van der Waals surface area contributed by atoms with Gasteiger partial charge in [-0.3, -0.25) is 14.5 Å². The average Bonchev–Trinajstić information content (AvgIpc) is 3.10. The summed E-state index contributed by atoms with van der Waals surface area (Å²) in [4.78, 5) is 19.5. The maximum absolute atomic E-state index is 13.4. The molecular weight excluding hydrogens is 438 g/mol. The van der Waals surface area contributed by atoms with E-state index in [4.69, 9.17) is 4.74 Å². The second kappa shape index (κ2) is 10.0. The second-order valence-electron chi connectivity index (χ2n) is 7.97. The molecule has 0 bridgehead atoms. The summed E-state index contributed by atoms with van der Waals surface area (Å²) in [6.45, 7) is 0.668. The topological polar surface area (TPSA) is 88.6 Å². The lowest BCUT2D eigenvalue weighted by atomic mass is 10.0. The maximum Gasteiger partial charge on any atom is 0.262 e. The van der Waals surface area contributed by atoms with Crippen LogP contribution in [0.5, 0.6) is 5.75 Å². The van der Waals surface area contributed by atoms with Gasteiger partial charge in [0.2, 0.25) is 0 Å². The molecule has 1 atom stereocenters. The van der Waals surface area contributed by atoms with Gasteiger partial charge in [0.1, 0.15) is 5.75 Å². The molecule has 0 radical (unpaired) electrons. The van der Waals surface area contributed by atoms with Crippen LogP contribution >= 0.6 is 0 Å². The van der Waals surface area contributed by atoms with Gasteiger partial charge in [-0.25, -0.2) is 8.42 Å². The first-order chi connectivity index (χ1) is 16.0. The van der Waals surface area contributed by atoms with Crippen LogP contribution in [0.3, 0.4) is 0 Å². The molecule has 1 aromatic heterocycles. The number of anilines is 1. The zero-order chi connectivity index (χ0) is 23.3. The number of hydrogen-bond donors (Lipinski definition) is 1. The highest BCUT2D eigenvalue weighted by atomic mass is 32.2. The van der Waals surface area contributed by atoms with Gasteiger partial charge in [0, 0.05) is 24.5 Å². The number of carbonyl (C=O) groups excluding carboxylic acids is 1. The fraction of sp³-hybridized carbons (Fsp3) is 0.280. The lowest BCUT2D eigenvalue weighted by Gasteiger charge is -2.30. The molecule has 4 rings (SSSR count). The van der Waals surface area contributed by atoms with Crippen molar-refractivity contribution in [3.8, 4) is 5.75 Å². The van der Waals surface area contributed by atoms with Gasteiger partial charge in [-0.15, -0.1) is 0 Å². The third-order valence-electron chi connectivity index (χ3n) is 5.87. The normalized spacial score (nSPS) is 16.6. The molecule has 7 nitrogen and oxygen atoms in total. The summed E-state index contributed by atoms with van der Waals surface area (Å²) in [6.07, 6.45) is 7.47. The number of nitrogens with zero attached hydrogens (tertiary/aromatic N) is 2. The van der Waals surface area contributed by atoms with E-state index in [1.54, 1.807) is 48.8 Å². The highest BCUT2D eigenvalue weighted by Crippen LogP contribution is 2.31. The van der Waals surface area contributed by atoms with E-state index in [1.165, 1.54) is 19.2 Å². The van der Waals surface area contributed by atoms with Crippen LogP contribution in [0.1, 0.15) is 47.6 Å². The van der Waals surface area contributed by atoms with Gasteiger partial charge in [-0.2, -0.15) is 0 Å². The quantitative estimate of drug-likeness (QED) is 0.573. The highest BCUT2D eigenvalue weighted by molar-refractivity contribution is 7.92. The molecule has 1 fully saturated rings. The lowest BCUT2D eigenvalue weighted by Crippen LogP contribution is -2.34. The minimum Gasteiger partial charge on any atom is -0.495 e. The molecule has 1 amide bonds. The molecule has 1 aliphatic heterocycles. The minimum atomic E-state index is -3.83. The van der Waals surface area contributed by atoms with E-state index in [1.807, 2.05) is 17.0 Å². The molecule has 2 aromatic carbocycles. The smallest absolute Gasteiger partial charge is 0.262 e. The van der Waals surface area contributed by atoms with E-state index in [-0.39, 0.29) is 16.8 Å². The van der Waals surface area contributed by atoms with Crippen LogP contribution < -0.4 is 9.46 Å². The number of likely N-dealkylation sites (tertiary alicyclic amines) is 1. The van der Waals surface area contributed by atoms with Gasteiger partial charge in [0.05, 0.1) is 23.7 Å². The van der Waals surface area contributed by atoms with E-state index in [0.717, 1.165) is 31.2 Å². The zero-order valence-electron chi connectivity index (χ0n) is 18.5. The van der Waals surface area contributed by atoms with Gasteiger partial charge in [-0.05, 0) is 66.9 Å². The Morgan fingerprint density at radius 3 is 2.45 bits per heavy atom. The maximum atomic E-state index is 13.4. The van der Waals surface area contributed by atoms with Crippen LogP contribution in [0.2, 0.25) is 0 Å². The van der Waals surface area contributed by atoms with Crippen molar-refractivity contribution in [2.45, 2.75) is 36.6 Å². The van der Waals surface area contributed by atoms with Crippen molar-refractivity contribution in [2.75, 3.05) is 18.4 Å². The van der Waals surface area contributed by atoms with Gasteiger partial charge in [0.25, 0.3) is 15.9 Å². The number of sulfonamides is 1. The summed E-state index contributed by atoms with van der Waals surface area (Å²) in [5.74, 6) is 0.330. The van der Waals surface area contributed by atoms with Crippen LogP contribution in [0, 0.1) is 0 Å². The Morgan fingerprint density at radius 1 is 1.00 bits per heavy atom. The van der Waals surface area contributed by atoms with Crippen LogP contribution in [0.4, 0.5) is 5.69 Å². The first kappa shape index (κ1) is 22.8. The SMILES string of the molecule is COc1ccccc1NS(=O)(=O)c1ccc(C(=O)N2CCCCCC2c2ccncc2)cc1. The summed E-state index contributed by atoms with van der Waals surface area (Å²) >= 11 is 0. The molecule has 1 aliphatic rings. The fourth-order valence-corrected chi connectivity index (χ4v) is 5.23. The van der Waals surface area contributed by atoms with Crippen LogP contribution in [-0.2, 0) is 10.0 Å². The second-order valence-corrected chi connectivity index (χ2v) is 9.66. The number of aromatic nitrogens is 1. The Labute approximate surface area is 194 Å². The number of para-hydroxylation sites is 2. The number of benzene rings is 2. The van der Waals surface area contributed by atoms with E-state index >= 15 is 0 Å². The monoisotopic (exact) mass is 465 g/mol. The van der Waals surface area contributed by atoms with Gasteiger partial charge >= 0.3 is 0 Å². The third kappa shape index (κ3) is 5.17. The molecule has 33 heavy (non-hydrogen) atoms. The van der Waals surface area contributed by atoms with Crippen LogP contribution in [0.25, 0.3) is 0 Å². The largest absolute Gasteiger partial charge is 0.495 e. The Balaban J connectivity index is 1.56. The predicted octanol–water partition coefficient (Wildman–Crippen LogP) is 4.65. The number of rotatable bonds is 6. The number of methoxy groups -OCH3 is 1. The van der Waals surface area contributed by atoms with Crippen molar-refractivity contribution < 1.29 is 17.9 Å². The summed E-state index contributed by atoms with van der Waals surface area (Å²) in [7, 11) is -2.35. The standard InChI is InChI=1S/C25H27N3O4S/c1-32-24-9-5-4-7-22(24)27-33(30,31)21-12-10-20(11-13-21)25(29)28-18-6-2-3-8-23(28)19-14-16-26-17-15-19/h4-5,7,9-17,23,27H,2-3,6,8,18H2,1H3. The van der Waals surface area contributed by atoms with E-state index in [2.05, 4.69) is 9.71 Å². The number of amides is 1. The summed E-state index contributed by atoms with van der Waals surface area (Å²) in [5.41, 5.74) is 1.89. The lowest BCUT2D eigenvalue weighted by molar-refractivity contribution is 0.0680. The number of carbonyl (C=O) groups is 1. The fourth-order valence-electron chi connectivity index (χ4n) is 4.16. The van der Waals surface area contributed by atoms with Crippen molar-refractivity contribution in [3.05, 3.63) is 84.2 Å². The Morgan fingerprint density at radius 2 is 1.73 bits per heavy atom. The van der Waals surface area contributed by atoms with Crippen LogP contribution in [-0.4, -0.2) is 37.9 Å². The summed E-state index contributed by atoms with van der Waals surface area (Å²) in [6, 6.07) is 16.8. The van der Waals surface area contributed by atoms with Crippen molar-refractivity contribution in [1.29, 1.82) is 0 Å². The average molecular weight is 466 g/mol. The Kier molecular flexibility index (Phi) is 6.93. The molecule has 2 heterocycles. The molecular formula is C25H27N3O4S. The molecule has 0 aliphatic carbocycles. The predicted molar refractivity (Wildman–Crippen MR) is 127 cm³/mol. The van der Waals surface area contributed by atoms with Crippen molar-refractivity contribution in [3.63, 3.8) is 0 Å². The van der Waals surface area contributed by atoms with Gasteiger partial charge in [-0.1, -0.05) is 25.0 Å². The number of pyridine rings is 1. The Bertz CT molecular complexity index is 1200. The molecule has 0 saturated carbocycles. The van der Waals surface area contributed by atoms with Crippen molar-refractivity contribution in [2.24, 2.45) is 0 Å². The highest BCUT2D eigenvalue weighted by Gasteiger charge is 2.28. The number of hydrogen-bond acceptors (Lipinski definition) is 5. The third-order valence-corrected chi connectivity index (χ3v) is 7.25. The molecule has 0 spiro atoms. The van der Waals surface area contributed by atoms with E-state index in [0.29, 0.717) is 23.5 Å². The molecule has 1 N–H and O–H groups in total. The van der Waals surface area contributed by atoms with E-state index < -0.39 is 10.0 Å². The Hall–Kier alpha value is -3.39. The van der Waals surface area contributed by atoms with Gasteiger partial charge < -0.3 is 9.64 Å². The molecule has 8 heteroatoms. The zero-order valence-corrected chi connectivity index (χ0v) is 19.3. The van der Waals surface area contributed by atoms with Crippen LogP contribution in [0.15, 0.2) is 78.0 Å². The first-order valence-corrected chi connectivity index (χ1v) is 12.4. The number of ether oxygens (including phenoxy) is 1. The van der Waals surface area contributed by atoms with Crippen molar-refractivity contribution >= 4 is 21.6 Å². The molecule has 172 valence electrons. The summed E-state index contributed by atoms with van der Waals surface area (Å²) < 4.78 is 33.5. The molecule has 3 aromatic rings. The number of nitrogens with one attached hydrogen (secondary N) is 1. The van der Waals surface area contributed by atoms with E-state index in [9.17, 15) is 13.2 Å². The molecule has 1 saturated heterocycles. The van der Waals surface area contributed by atoms with Gasteiger partial charge in [0.15, 0.2) is 0 Å². The molecule has 1 unspecified atom stereocenters.